The highest BCUT2D eigenvalue weighted by Crippen LogP contribution is 2.31. The minimum Gasteiger partial charge on any atom is -0.127 e. The van der Waals surface area contributed by atoms with Crippen LogP contribution in [0.5, 0.6) is 0 Å². The number of allylic oxidation sites excluding steroid dienone is 1. The molecule has 0 bridgehead atoms. The molecule has 0 aliphatic carbocycles. The number of thioether (sulfide) groups is 2. The average Bonchev–Trinajstić information content (AvgIpc) is 2.33. The van der Waals surface area contributed by atoms with E-state index in [-0.39, 0.29) is 0 Å². The molecular formula is C15H22S2. The van der Waals surface area contributed by atoms with Crippen LogP contribution in [0.3, 0.4) is 0 Å². The van der Waals surface area contributed by atoms with Gasteiger partial charge in [0.05, 0.1) is 0 Å². The number of hydrogen-bond donors (Lipinski definition) is 0. The topological polar surface area (TPSA) is 0 Å². The maximum absolute atomic E-state index is 2.33. The Hall–Kier alpha value is -0.340. The van der Waals surface area contributed by atoms with Gasteiger partial charge in [0, 0.05) is 10.1 Å². The van der Waals surface area contributed by atoms with E-state index in [2.05, 4.69) is 56.5 Å². The van der Waals surface area contributed by atoms with E-state index in [1.807, 2.05) is 23.5 Å². The third-order valence-corrected chi connectivity index (χ3v) is 4.43. The zero-order valence-corrected chi connectivity index (χ0v) is 12.6. The number of rotatable bonds is 7. The summed E-state index contributed by atoms with van der Waals surface area (Å²) in [5.41, 5.74) is 0. The van der Waals surface area contributed by atoms with Crippen molar-refractivity contribution < 1.29 is 0 Å². The van der Waals surface area contributed by atoms with Crippen LogP contribution in [-0.4, -0.2) is 5.25 Å². The molecule has 1 aromatic carbocycles. The smallest absolute Gasteiger partial charge is 0.0116 e. The second-order valence-electron chi connectivity index (χ2n) is 4.29. The van der Waals surface area contributed by atoms with Crippen LogP contribution in [0, 0.1) is 0 Å². The van der Waals surface area contributed by atoms with Crippen molar-refractivity contribution in [2.45, 2.75) is 50.2 Å². The van der Waals surface area contributed by atoms with E-state index in [0.717, 1.165) is 0 Å². The maximum atomic E-state index is 2.33. The van der Waals surface area contributed by atoms with E-state index in [9.17, 15) is 0 Å². The Bertz CT molecular complexity index is 328. The zero-order valence-electron chi connectivity index (χ0n) is 11.0. The molecule has 0 unspecified atom stereocenters. The minimum absolute atomic E-state index is 0.675. The van der Waals surface area contributed by atoms with Gasteiger partial charge in [-0.2, -0.15) is 0 Å². The highest BCUT2D eigenvalue weighted by molar-refractivity contribution is 8.06. The standard InChI is InChI=1S/C15H22S2/c1-4-5-9-15(17-13(2)3)12-16-14-10-7-6-8-11-14/h6-8,10-13H,4-5,9H2,1-3H3/b15-12-. The molecule has 0 fully saturated rings. The summed E-state index contributed by atoms with van der Waals surface area (Å²) in [6.07, 6.45) is 3.78. The lowest BCUT2D eigenvalue weighted by Gasteiger charge is -2.09. The quantitative estimate of drug-likeness (QED) is 0.559. The molecule has 0 aliphatic rings. The molecule has 0 atom stereocenters. The summed E-state index contributed by atoms with van der Waals surface area (Å²) in [7, 11) is 0. The van der Waals surface area contributed by atoms with Gasteiger partial charge in [0.25, 0.3) is 0 Å². The largest absolute Gasteiger partial charge is 0.127 e. The van der Waals surface area contributed by atoms with Crippen LogP contribution in [0.15, 0.2) is 45.5 Å². The number of unbranched alkanes of at least 4 members (excludes halogenated alkanes) is 1. The van der Waals surface area contributed by atoms with E-state index in [4.69, 9.17) is 0 Å². The molecule has 0 amide bonds. The first kappa shape index (κ1) is 14.7. The molecule has 0 radical (unpaired) electrons. The first-order valence-corrected chi connectivity index (χ1v) is 8.05. The summed E-state index contributed by atoms with van der Waals surface area (Å²) in [5, 5.41) is 3.00. The maximum Gasteiger partial charge on any atom is 0.0116 e. The number of benzene rings is 1. The fourth-order valence-corrected chi connectivity index (χ4v) is 3.37. The van der Waals surface area contributed by atoms with Crippen LogP contribution < -0.4 is 0 Å². The van der Waals surface area contributed by atoms with Gasteiger partial charge < -0.3 is 0 Å². The van der Waals surface area contributed by atoms with Gasteiger partial charge in [0.1, 0.15) is 0 Å². The second-order valence-corrected chi connectivity index (χ2v) is 6.93. The Kier molecular flexibility index (Phi) is 7.54. The van der Waals surface area contributed by atoms with E-state index >= 15 is 0 Å². The molecule has 0 nitrogen and oxygen atoms in total. The Morgan fingerprint density at radius 3 is 2.53 bits per heavy atom. The van der Waals surface area contributed by atoms with E-state index in [0.29, 0.717) is 5.25 Å². The molecular weight excluding hydrogens is 244 g/mol. The van der Waals surface area contributed by atoms with Crippen molar-refractivity contribution in [3.63, 3.8) is 0 Å². The van der Waals surface area contributed by atoms with Crippen molar-refractivity contribution in [2.24, 2.45) is 0 Å². The Morgan fingerprint density at radius 2 is 1.94 bits per heavy atom. The normalized spacial score (nSPS) is 12.1. The first-order chi connectivity index (χ1) is 8.22. The van der Waals surface area contributed by atoms with Crippen LogP contribution in [0.25, 0.3) is 0 Å². The fraction of sp³-hybridized carbons (Fsp3) is 0.467. The van der Waals surface area contributed by atoms with Crippen LogP contribution in [0.4, 0.5) is 0 Å². The van der Waals surface area contributed by atoms with Gasteiger partial charge in [0.15, 0.2) is 0 Å². The van der Waals surface area contributed by atoms with Gasteiger partial charge in [-0.05, 0) is 35.3 Å². The summed E-state index contributed by atoms with van der Waals surface area (Å²) in [6, 6.07) is 10.6. The molecule has 0 heterocycles. The predicted molar refractivity (Wildman–Crippen MR) is 82.6 cm³/mol. The average molecular weight is 266 g/mol. The molecule has 17 heavy (non-hydrogen) atoms. The third kappa shape index (κ3) is 6.85. The van der Waals surface area contributed by atoms with Crippen LogP contribution in [0.1, 0.15) is 40.0 Å². The lowest BCUT2D eigenvalue weighted by atomic mass is 10.2. The van der Waals surface area contributed by atoms with Crippen molar-refractivity contribution in [3.8, 4) is 0 Å². The Balaban J connectivity index is 2.55. The lowest BCUT2D eigenvalue weighted by Crippen LogP contribution is -1.88. The van der Waals surface area contributed by atoms with Crippen molar-refractivity contribution in [1.29, 1.82) is 0 Å². The monoisotopic (exact) mass is 266 g/mol. The molecule has 0 saturated carbocycles. The summed E-state index contributed by atoms with van der Waals surface area (Å²) in [4.78, 5) is 2.85. The number of hydrogen-bond acceptors (Lipinski definition) is 2. The fourth-order valence-electron chi connectivity index (χ4n) is 1.43. The molecule has 0 aliphatic heterocycles. The van der Waals surface area contributed by atoms with Crippen LogP contribution >= 0.6 is 23.5 Å². The van der Waals surface area contributed by atoms with E-state index in [1.54, 1.807) is 0 Å². The molecule has 94 valence electrons. The summed E-state index contributed by atoms with van der Waals surface area (Å²) < 4.78 is 0. The predicted octanol–water partition coefficient (Wildman–Crippen LogP) is 5.95. The Labute approximate surface area is 114 Å². The summed E-state index contributed by atoms with van der Waals surface area (Å²) in [6.45, 7) is 6.78. The summed E-state index contributed by atoms with van der Waals surface area (Å²) >= 11 is 3.84. The molecule has 1 aromatic rings. The molecule has 2 heteroatoms. The molecule has 0 aromatic heterocycles. The van der Waals surface area contributed by atoms with Crippen molar-refractivity contribution >= 4 is 23.5 Å². The van der Waals surface area contributed by atoms with Crippen molar-refractivity contribution in [1.82, 2.24) is 0 Å². The minimum atomic E-state index is 0.675. The van der Waals surface area contributed by atoms with Gasteiger partial charge in [-0.15, -0.1) is 11.8 Å². The van der Waals surface area contributed by atoms with Gasteiger partial charge in [-0.25, -0.2) is 0 Å². The van der Waals surface area contributed by atoms with E-state index in [1.165, 1.54) is 29.1 Å². The highest BCUT2D eigenvalue weighted by Gasteiger charge is 2.02. The van der Waals surface area contributed by atoms with Gasteiger partial charge in [-0.1, -0.05) is 57.2 Å². The van der Waals surface area contributed by atoms with Gasteiger partial charge in [0.2, 0.25) is 0 Å². The van der Waals surface area contributed by atoms with Crippen LogP contribution in [-0.2, 0) is 0 Å². The molecule has 0 N–H and O–H groups in total. The SMILES string of the molecule is CCCC/C(=C/Sc1ccccc1)SC(C)C. The molecule has 0 spiro atoms. The highest BCUT2D eigenvalue weighted by atomic mass is 32.2. The van der Waals surface area contributed by atoms with Gasteiger partial charge >= 0.3 is 0 Å². The zero-order chi connectivity index (χ0) is 12.5. The van der Waals surface area contributed by atoms with E-state index < -0.39 is 0 Å². The molecule has 1 rings (SSSR count). The van der Waals surface area contributed by atoms with Crippen LogP contribution in [0.2, 0.25) is 0 Å². The lowest BCUT2D eigenvalue weighted by molar-refractivity contribution is 0.809. The van der Waals surface area contributed by atoms with Gasteiger partial charge in [-0.3, -0.25) is 0 Å². The first-order valence-electron chi connectivity index (χ1n) is 6.29. The second kappa shape index (κ2) is 8.71. The third-order valence-electron chi connectivity index (χ3n) is 2.23. The van der Waals surface area contributed by atoms with Crippen molar-refractivity contribution in [2.75, 3.05) is 0 Å². The van der Waals surface area contributed by atoms with Crippen molar-refractivity contribution in [3.05, 3.63) is 40.6 Å². The summed E-state index contributed by atoms with van der Waals surface area (Å²) in [5.74, 6) is 0. The Morgan fingerprint density at radius 1 is 1.24 bits per heavy atom. The molecule has 0 saturated heterocycles.